The van der Waals surface area contributed by atoms with Gasteiger partial charge in [0.15, 0.2) is 5.96 Å². The van der Waals surface area contributed by atoms with Crippen molar-refractivity contribution >= 4 is 17.3 Å². The number of hydrogen-bond acceptors (Lipinski definition) is 5. The highest BCUT2D eigenvalue weighted by Gasteiger charge is 2.34. The summed E-state index contributed by atoms with van der Waals surface area (Å²) in [7, 11) is 1.82. The Morgan fingerprint density at radius 2 is 1.97 bits per heavy atom. The molecule has 164 valence electrons. The standard InChI is InChI=1S/C23H34N4O2S/c1-4-20-16-26-21(30-20)10-13-25-22(24-3)27-17-23(11-14-28-15-12-23)18-6-8-19(9-7-18)29-5-2/h6-9,16H,4-5,10-15,17H2,1-3H3,(H2,24,25,27). The maximum absolute atomic E-state index is 5.66. The van der Waals surface area contributed by atoms with Gasteiger partial charge in [0.25, 0.3) is 0 Å². The topological polar surface area (TPSA) is 67.8 Å². The van der Waals surface area contributed by atoms with E-state index in [1.54, 1.807) is 11.3 Å². The number of aromatic nitrogens is 1. The fraction of sp³-hybridized carbons (Fsp3) is 0.565. The molecule has 0 unspecified atom stereocenters. The predicted molar refractivity (Wildman–Crippen MR) is 124 cm³/mol. The van der Waals surface area contributed by atoms with Crippen molar-refractivity contribution in [2.45, 2.75) is 44.9 Å². The molecule has 1 aliphatic heterocycles. The van der Waals surface area contributed by atoms with Crippen LogP contribution in [0, 0.1) is 0 Å². The van der Waals surface area contributed by atoms with Crippen molar-refractivity contribution in [3.63, 3.8) is 0 Å². The zero-order chi connectivity index (χ0) is 21.2. The summed E-state index contributed by atoms with van der Waals surface area (Å²) in [5.41, 5.74) is 1.36. The fourth-order valence-electron chi connectivity index (χ4n) is 3.79. The van der Waals surface area contributed by atoms with E-state index in [2.05, 4.69) is 51.8 Å². The van der Waals surface area contributed by atoms with Gasteiger partial charge in [-0.1, -0.05) is 19.1 Å². The molecule has 2 heterocycles. The van der Waals surface area contributed by atoms with Gasteiger partial charge in [-0.25, -0.2) is 4.98 Å². The van der Waals surface area contributed by atoms with E-state index in [1.165, 1.54) is 15.4 Å². The Labute approximate surface area is 184 Å². The highest BCUT2D eigenvalue weighted by Crippen LogP contribution is 2.35. The number of guanidine groups is 1. The smallest absolute Gasteiger partial charge is 0.191 e. The third kappa shape index (κ3) is 5.95. The molecule has 0 aliphatic carbocycles. The van der Waals surface area contributed by atoms with E-state index in [1.807, 2.05) is 20.2 Å². The van der Waals surface area contributed by atoms with Crippen LogP contribution < -0.4 is 15.4 Å². The molecule has 30 heavy (non-hydrogen) atoms. The normalized spacial score (nSPS) is 16.3. The molecule has 0 saturated carbocycles. The molecule has 1 saturated heterocycles. The molecule has 6 nitrogen and oxygen atoms in total. The Morgan fingerprint density at radius 1 is 1.20 bits per heavy atom. The highest BCUT2D eigenvalue weighted by atomic mass is 32.1. The first kappa shape index (κ1) is 22.6. The number of benzene rings is 1. The fourth-order valence-corrected chi connectivity index (χ4v) is 4.65. The van der Waals surface area contributed by atoms with E-state index in [0.717, 1.165) is 63.7 Å². The van der Waals surface area contributed by atoms with Gasteiger partial charge in [0.1, 0.15) is 5.75 Å². The third-order valence-electron chi connectivity index (χ3n) is 5.63. The minimum Gasteiger partial charge on any atom is -0.494 e. The summed E-state index contributed by atoms with van der Waals surface area (Å²) in [5, 5.41) is 8.16. The first-order valence-corrected chi connectivity index (χ1v) is 11.7. The number of rotatable bonds is 9. The molecule has 0 atom stereocenters. The maximum atomic E-state index is 5.66. The lowest BCUT2D eigenvalue weighted by Crippen LogP contribution is -2.48. The van der Waals surface area contributed by atoms with Crippen molar-refractivity contribution in [2.75, 3.05) is 40.0 Å². The second-order valence-corrected chi connectivity index (χ2v) is 8.73. The first-order valence-electron chi connectivity index (χ1n) is 10.9. The molecule has 7 heteroatoms. The maximum Gasteiger partial charge on any atom is 0.191 e. The van der Waals surface area contributed by atoms with E-state index < -0.39 is 0 Å². The lowest BCUT2D eigenvalue weighted by atomic mass is 9.74. The molecule has 1 aliphatic rings. The molecule has 1 aromatic carbocycles. The van der Waals surface area contributed by atoms with Gasteiger partial charge in [0, 0.05) is 56.3 Å². The van der Waals surface area contributed by atoms with Gasteiger partial charge < -0.3 is 20.1 Å². The molecule has 0 amide bonds. The van der Waals surface area contributed by atoms with Gasteiger partial charge in [0.05, 0.1) is 11.6 Å². The van der Waals surface area contributed by atoms with E-state index >= 15 is 0 Å². The number of thiazole rings is 1. The molecule has 2 N–H and O–H groups in total. The number of aliphatic imine (C=N–C) groups is 1. The molecular formula is C23H34N4O2S. The van der Waals surface area contributed by atoms with Gasteiger partial charge in [-0.3, -0.25) is 4.99 Å². The van der Waals surface area contributed by atoms with Crippen LogP contribution in [0.1, 0.15) is 42.1 Å². The highest BCUT2D eigenvalue weighted by molar-refractivity contribution is 7.11. The predicted octanol–water partition coefficient (Wildman–Crippen LogP) is 3.56. The number of hydrogen-bond donors (Lipinski definition) is 2. The molecule has 0 spiro atoms. The van der Waals surface area contributed by atoms with Crippen LogP contribution in [0.15, 0.2) is 35.5 Å². The SMILES string of the molecule is CCOc1ccc(C2(CNC(=NC)NCCc3ncc(CC)s3)CCOCC2)cc1. The third-order valence-corrected chi connectivity index (χ3v) is 6.83. The van der Waals surface area contributed by atoms with E-state index in [-0.39, 0.29) is 5.41 Å². The van der Waals surface area contributed by atoms with Crippen molar-refractivity contribution in [2.24, 2.45) is 4.99 Å². The summed E-state index contributed by atoms with van der Waals surface area (Å²) in [6, 6.07) is 8.54. The summed E-state index contributed by atoms with van der Waals surface area (Å²) in [5.74, 6) is 1.75. The van der Waals surface area contributed by atoms with Crippen LogP contribution in [-0.4, -0.2) is 50.9 Å². The summed E-state index contributed by atoms with van der Waals surface area (Å²) in [6.07, 6.45) is 5.92. The molecular weight excluding hydrogens is 396 g/mol. The summed E-state index contributed by atoms with van der Waals surface area (Å²) in [6.45, 7) is 8.06. The van der Waals surface area contributed by atoms with E-state index in [0.29, 0.717) is 6.61 Å². The summed E-state index contributed by atoms with van der Waals surface area (Å²) in [4.78, 5) is 10.2. The van der Waals surface area contributed by atoms with Gasteiger partial charge in [0.2, 0.25) is 0 Å². The zero-order valence-corrected chi connectivity index (χ0v) is 19.2. The van der Waals surface area contributed by atoms with Crippen LogP contribution >= 0.6 is 11.3 Å². The minimum absolute atomic E-state index is 0.0337. The Hall–Kier alpha value is -2.12. The number of aryl methyl sites for hydroxylation is 1. The molecule has 2 aromatic rings. The Bertz CT molecular complexity index is 798. The quantitative estimate of drug-likeness (QED) is 0.470. The average molecular weight is 431 g/mol. The average Bonchev–Trinajstić information content (AvgIpc) is 3.25. The number of nitrogens with one attached hydrogen (secondary N) is 2. The summed E-state index contributed by atoms with van der Waals surface area (Å²) < 4.78 is 11.3. The lowest BCUT2D eigenvalue weighted by Gasteiger charge is -2.38. The van der Waals surface area contributed by atoms with Crippen molar-refractivity contribution in [1.82, 2.24) is 15.6 Å². The zero-order valence-electron chi connectivity index (χ0n) is 18.4. The van der Waals surface area contributed by atoms with Crippen LogP contribution in [0.3, 0.4) is 0 Å². The van der Waals surface area contributed by atoms with Crippen LogP contribution in [0.2, 0.25) is 0 Å². The van der Waals surface area contributed by atoms with Gasteiger partial charge in [-0.2, -0.15) is 0 Å². The van der Waals surface area contributed by atoms with Crippen LogP contribution in [-0.2, 0) is 23.0 Å². The number of ether oxygens (including phenoxy) is 2. The molecule has 0 radical (unpaired) electrons. The van der Waals surface area contributed by atoms with E-state index in [4.69, 9.17) is 9.47 Å². The minimum atomic E-state index is 0.0337. The van der Waals surface area contributed by atoms with Crippen molar-refractivity contribution in [3.05, 3.63) is 45.9 Å². The summed E-state index contributed by atoms with van der Waals surface area (Å²) >= 11 is 1.79. The van der Waals surface area contributed by atoms with Gasteiger partial charge in [-0.15, -0.1) is 11.3 Å². The molecule has 0 bridgehead atoms. The van der Waals surface area contributed by atoms with Crippen LogP contribution in [0.4, 0.5) is 0 Å². The Morgan fingerprint density at radius 3 is 2.60 bits per heavy atom. The van der Waals surface area contributed by atoms with Crippen molar-refractivity contribution in [1.29, 1.82) is 0 Å². The number of nitrogens with zero attached hydrogens (tertiary/aromatic N) is 2. The Balaban J connectivity index is 1.58. The van der Waals surface area contributed by atoms with Crippen LogP contribution in [0.5, 0.6) is 5.75 Å². The second-order valence-electron chi connectivity index (χ2n) is 7.53. The van der Waals surface area contributed by atoms with Crippen LogP contribution in [0.25, 0.3) is 0 Å². The largest absolute Gasteiger partial charge is 0.494 e. The monoisotopic (exact) mass is 430 g/mol. The first-order chi connectivity index (χ1) is 14.7. The van der Waals surface area contributed by atoms with Crippen molar-refractivity contribution < 1.29 is 9.47 Å². The van der Waals surface area contributed by atoms with Gasteiger partial charge >= 0.3 is 0 Å². The molecule has 1 fully saturated rings. The Kier molecular flexibility index (Phi) is 8.51. The lowest BCUT2D eigenvalue weighted by molar-refractivity contribution is 0.0513. The molecule has 1 aromatic heterocycles. The van der Waals surface area contributed by atoms with Gasteiger partial charge in [-0.05, 0) is 43.9 Å². The second kappa shape index (κ2) is 11.3. The van der Waals surface area contributed by atoms with E-state index in [9.17, 15) is 0 Å². The van der Waals surface area contributed by atoms with Crippen molar-refractivity contribution in [3.8, 4) is 5.75 Å². The molecule has 3 rings (SSSR count).